The predicted octanol–water partition coefficient (Wildman–Crippen LogP) is 3.66. The number of hydrogen-bond acceptors (Lipinski definition) is 7. The Labute approximate surface area is 223 Å². The van der Waals surface area contributed by atoms with Gasteiger partial charge in [0.15, 0.2) is 0 Å². The molecule has 1 fully saturated rings. The van der Waals surface area contributed by atoms with Crippen molar-refractivity contribution in [3.8, 4) is 11.5 Å². The number of nitrogens with zero attached hydrogens (tertiary/aromatic N) is 2. The van der Waals surface area contributed by atoms with Gasteiger partial charge >= 0.3 is 0 Å². The van der Waals surface area contributed by atoms with Crippen LogP contribution < -0.4 is 29.9 Å². The Kier molecular flexibility index (Phi) is 9.05. The van der Waals surface area contributed by atoms with Gasteiger partial charge in [-0.15, -0.1) is 0 Å². The lowest BCUT2D eigenvalue weighted by Gasteiger charge is -2.38. The summed E-state index contributed by atoms with van der Waals surface area (Å²) < 4.78 is 15.9. The number of para-hydroxylation sites is 3. The Morgan fingerprint density at radius 2 is 1.37 bits per heavy atom. The largest absolute Gasteiger partial charge is 0.496 e. The van der Waals surface area contributed by atoms with E-state index >= 15 is 0 Å². The van der Waals surface area contributed by atoms with Crippen molar-refractivity contribution in [2.45, 2.75) is 0 Å². The third kappa shape index (κ3) is 6.18. The van der Waals surface area contributed by atoms with Crippen molar-refractivity contribution in [1.29, 1.82) is 0 Å². The van der Waals surface area contributed by atoms with Crippen LogP contribution in [-0.2, 0) is 4.74 Å². The summed E-state index contributed by atoms with van der Waals surface area (Å²) in [6.45, 7) is 3.79. The molecule has 4 rings (SSSR count). The van der Waals surface area contributed by atoms with Crippen LogP contribution in [0, 0.1) is 0 Å². The average Bonchev–Trinajstić information content (AvgIpc) is 2.97. The van der Waals surface area contributed by atoms with E-state index in [2.05, 4.69) is 26.5 Å². The summed E-state index contributed by atoms with van der Waals surface area (Å²) in [5.74, 6) is 0.783. The van der Waals surface area contributed by atoms with E-state index in [1.165, 1.54) is 7.11 Å². The highest BCUT2D eigenvalue weighted by Crippen LogP contribution is 2.31. The molecule has 0 spiro atoms. The number of piperazine rings is 1. The first kappa shape index (κ1) is 26.8. The molecule has 3 aromatic carbocycles. The molecule has 2 amide bonds. The van der Waals surface area contributed by atoms with E-state index in [1.54, 1.807) is 44.6 Å². The van der Waals surface area contributed by atoms with E-state index in [0.717, 1.165) is 43.3 Å². The van der Waals surface area contributed by atoms with E-state index in [0.29, 0.717) is 35.7 Å². The van der Waals surface area contributed by atoms with Crippen molar-refractivity contribution in [2.24, 2.45) is 0 Å². The lowest BCUT2D eigenvalue weighted by Crippen LogP contribution is -2.47. The predicted molar refractivity (Wildman–Crippen MR) is 149 cm³/mol. The van der Waals surface area contributed by atoms with Crippen molar-refractivity contribution in [3.63, 3.8) is 0 Å². The van der Waals surface area contributed by atoms with Gasteiger partial charge in [-0.1, -0.05) is 24.3 Å². The Balaban J connectivity index is 1.55. The third-order valence-corrected chi connectivity index (χ3v) is 6.49. The van der Waals surface area contributed by atoms with Gasteiger partial charge in [0, 0.05) is 51.2 Å². The molecule has 0 radical (unpaired) electrons. The summed E-state index contributed by atoms with van der Waals surface area (Å²) in [5.41, 5.74) is 3.30. The summed E-state index contributed by atoms with van der Waals surface area (Å²) in [6.07, 6.45) is 0. The summed E-state index contributed by atoms with van der Waals surface area (Å²) in [6, 6.07) is 20.4. The van der Waals surface area contributed by atoms with Gasteiger partial charge in [0.1, 0.15) is 11.5 Å². The van der Waals surface area contributed by atoms with Gasteiger partial charge in [0.2, 0.25) is 0 Å². The van der Waals surface area contributed by atoms with E-state index in [-0.39, 0.29) is 11.8 Å². The van der Waals surface area contributed by atoms with Crippen LogP contribution in [0.25, 0.3) is 0 Å². The van der Waals surface area contributed by atoms with E-state index in [9.17, 15) is 9.59 Å². The maximum atomic E-state index is 13.2. The minimum Gasteiger partial charge on any atom is -0.496 e. The van der Waals surface area contributed by atoms with Crippen LogP contribution in [0.1, 0.15) is 20.7 Å². The van der Waals surface area contributed by atoms with Crippen molar-refractivity contribution < 1.29 is 23.8 Å². The lowest BCUT2D eigenvalue weighted by atomic mass is 10.1. The molecule has 0 unspecified atom stereocenters. The highest BCUT2D eigenvalue weighted by molar-refractivity contribution is 6.07. The molecule has 0 atom stereocenters. The van der Waals surface area contributed by atoms with Crippen LogP contribution >= 0.6 is 0 Å². The molecule has 9 nitrogen and oxygen atoms in total. The second kappa shape index (κ2) is 12.8. The fourth-order valence-electron chi connectivity index (χ4n) is 4.54. The highest BCUT2D eigenvalue weighted by atomic mass is 16.5. The zero-order valence-corrected chi connectivity index (χ0v) is 22.0. The Morgan fingerprint density at radius 1 is 0.737 bits per heavy atom. The maximum absolute atomic E-state index is 13.2. The van der Waals surface area contributed by atoms with Crippen molar-refractivity contribution >= 4 is 28.9 Å². The molecule has 0 aliphatic carbocycles. The highest BCUT2D eigenvalue weighted by Gasteiger charge is 2.24. The normalized spacial score (nSPS) is 13.1. The van der Waals surface area contributed by atoms with Gasteiger partial charge in [-0.2, -0.15) is 0 Å². The van der Waals surface area contributed by atoms with Crippen LogP contribution in [0.2, 0.25) is 0 Å². The maximum Gasteiger partial charge on any atom is 0.259 e. The molecule has 1 aliphatic heterocycles. The van der Waals surface area contributed by atoms with Gasteiger partial charge in [-0.05, 0) is 42.5 Å². The number of hydrogen-bond donors (Lipinski definition) is 2. The number of benzene rings is 3. The number of rotatable bonds is 10. The van der Waals surface area contributed by atoms with E-state index < -0.39 is 0 Å². The molecule has 2 N–H and O–H groups in total. The minimum atomic E-state index is -0.314. The number of nitrogens with one attached hydrogen (secondary N) is 2. The van der Waals surface area contributed by atoms with Gasteiger partial charge in [-0.25, -0.2) is 0 Å². The third-order valence-electron chi connectivity index (χ3n) is 6.49. The zero-order chi connectivity index (χ0) is 26.9. The standard InChI is InChI=1S/C29H34N4O5/c1-36-19-14-30-28(34)23-20-21(31-29(35)22-8-4-6-10-26(22)37-2)12-13-24(23)32-15-17-33(18-16-32)25-9-5-7-11-27(25)38-3/h4-13,20H,14-19H2,1-3H3,(H,30,34)(H,31,35). The zero-order valence-electron chi connectivity index (χ0n) is 22.0. The number of carbonyl (C=O) groups excluding carboxylic acids is 2. The monoisotopic (exact) mass is 518 g/mol. The lowest BCUT2D eigenvalue weighted by molar-refractivity contribution is 0.0936. The number of ether oxygens (including phenoxy) is 3. The molecule has 0 aromatic heterocycles. The van der Waals surface area contributed by atoms with Gasteiger partial charge in [0.25, 0.3) is 11.8 Å². The molecule has 1 heterocycles. The fraction of sp³-hybridized carbons (Fsp3) is 0.310. The second-order valence-electron chi connectivity index (χ2n) is 8.78. The van der Waals surface area contributed by atoms with Crippen LogP contribution in [0.15, 0.2) is 66.7 Å². The van der Waals surface area contributed by atoms with Gasteiger partial charge in [-0.3, -0.25) is 9.59 Å². The quantitative estimate of drug-likeness (QED) is 0.396. The summed E-state index contributed by atoms with van der Waals surface area (Å²) >= 11 is 0. The van der Waals surface area contributed by atoms with E-state index in [1.807, 2.05) is 30.3 Å². The van der Waals surface area contributed by atoms with Crippen LogP contribution in [-0.4, -0.2) is 72.5 Å². The number of carbonyl (C=O) groups is 2. The van der Waals surface area contributed by atoms with E-state index in [4.69, 9.17) is 14.2 Å². The molecule has 1 aliphatic rings. The summed E-state index contributed by atoms with van der Waals surface area (Å²) in [5, 5.41) is 5.81. The SMILES string of the molecule is COCCNC(=O)c1cc(NC(=O)c2ccccc2OC)ccc1N1CCN(c2ccccc2OC)CC1. The molecule has 1 saturated heterocycles. The van der Waals surface area contributed by atoms with Gasteiger partial charge in [0.05, 0.1) is 37.6 Å². The Bertz CT molecular complexity index is 1260. The average molecular weight is 519 g/mol. The van der Waals surface area contributed by atoms with Crippen LogP contribution in [0.3, 0.4) is 0 Å². The summed E-state index contributed by atoms with van der Waals surface area (Å²) in [4.78, 5) is 30.7. The molecular weight excluding hydrogens is 484 g/mol. The Hall–Kier alpha value is -4.24. The number of methoxy groups -OCH3 is 3. The van der Waals surface area contributed by atoms with Gasteiger partial charge < -0.3 is 34.6 Å². The van der Waals surface area contributed by atoms with Crippen molar-refractivity contribution in [1.82, 2.24) is 5.32 Å². The molecular formula is C29H34N4O5. The molecule has 0 saturated carbocycles. The topological polar surface area (TPSA) is 92.4 Å². The molecule has 3 aromatic rings. The number of amides is 2. The fourth-order valence-corrected chi connectivity index (χ4v) is 4.54. The first-order valence-corrected chi connectivity index (χ1v) is 12.5. The van der Waals surface area contributed by atoms with Crippen LogP contribution in [0.4, 0.5) is 17.1 Å². The molecule has 200 valence electrons. The first-order valence-electron chi connectivity index (χ1n) is 12.5. The van der Waals surface area contributed by atoms with Crippen molar-refractivity contribution in [2.75, 3.05) is 75.8 Å². The molecule has 9 heteroatoms. The first-order chi connectivity index (χ1) is 18.5. The summed E-state index contributed by atoms with van der Waals surface area (Å²) in [7, 11) is 4.79. The number of anilines is 3. The Morgan fingerprint density at radius 3 is 2.05 bits per heavy atom. The van der Waals surface area contributed by atoms with Crippen LogP contribution in [0.5, 0.6) is 11.5 Å². The molecule has 38 heavy (non-hydrogen) atoms. The smallest absolute Gasteiger partial charge is 0.259 e. The molecule has 0 bridgehead atoms. The second-order valence-corrected chi connectivity index (χ2v) is 8.78. The van der Waals surface area contributed by atoms with Crippen molar-refractivity contribution in [3.05, 3.63) is 77.9 Å². The minimum absolute atomic E-state index is 0.224.